The van der Waals surface area contributed by atoms with E-state index in [1.807, 2.05) is 218 Å². The van der Waals surface area contributed by atoms with Crippen LogP contribution >= 0.6 is 0 Å². The number of aromatic carboxylic acids is 6. The minimum atomic E-state index is -1.14. The van der Waals surface area contributed by atoms with E-state index in [0.29, 0.717) is 59.8 Å². The summed E-state index contributed by atoms with van der Waals surface area (Å²) >= 11 is 0. The number of carbonyl (C=O) groups excluding carboxylic acids is 6. The Morgan fingerprint density at radius 3 is 0.400 bits per heavy atom. The van der Waals surface area contributed by atoms with Gasteiger partial charge in [0.15, 0.2) is 0 Å². The summed E-state index contributed by atoms with van der Waals surface area (Å²) in [5.41, 5.74) is 10.8. The number of carboxylic acids is 6. The first-order valence-corrected chi connectivity index (χ1v) is 31.7. The van der Waals surface area contributed by atoms with Gasteiger partial charge >= 0.3 is 51.2 Å². The van der Waals surface area contributed by atoms with Crippen LogP contribution in [0.1, 0.15) is 62.1 Å². The molecular formula is C86H74Fe3O16. The van der Waals surface area contributed by atoms with Crippen molar-refractivity contribution >= 4 is 35.8 Å². The molecule has 0 radical (unpaired) electrons. The van der Waals surface area contributed by atoms with Crippen molar-refractivity contribution < 1.29 is 130 Å². The summed E-state index contributed by atoms with van der Waals surface area (Å²) in [6.45, 7) is 2.76. The van der Waals surface area contributed by atoms with E-state index in [9.17, 15) is 59.4 Å². The molecular weight excluding hydrogens is 1460 g/mol. The van der Waals surface area contributed by atoms with Gasteiger partial charge < -0.3 is 78.4 Å². The van der Waals surface area contributed by atoms with Crippen molar-refractivity contribution in [3.8, 4) is 66.8 Å². The summed E-state index contributed by atoms with van der Waals surface area (Å²) in [7, 11) is 6.61. The van der Waals surface area contributed by atoms with Gasteiger partial charge in [0.2, 0.25) is 0 Å². The fourth-order valence-electron chi connectivity index (χ4n) is 9.52. The third-order valence-corrected chi connectivity index (χ3v) is 14.4. The van der Waals surface area contributed by atoms with Crippen LogP contribution in [0.5, 0.6) is 0 Å². The quantitative estimate of drug-likeness (QED) is 0.0570. The molecule has 16 nitrogen and oxygen atoms in total. The maximum absolute atomic E-state index is 10.9. The Morgan fingerprint density at radius 1 is 0.190 bits per heavy atom. The minimum absolute atomic E-state index is 0. The molecule has 0 atom stereocenters. The number of methoxy groups -OCH3 is 4. The Kier molecular flexibility index (Phi) is 44.5. The zero-order valence-corrected chi connectivity index (χ0v) is 60.9. The number of ether oxygens (including phenoxy) is 4. The molecule has 12 aromatic carbocycles. The smallest absolute Gasteiger partial charge is 0.545 e. The molecule has 0 amide bonds. The van der Waals surface area contributed by atoms with Gasteiger partial charge in [-0.15, -0.1) is 0 Å². The zero-order chi connectivity index (χ0) is 73.7. The first-order valence-electron chi connectivity index (χ1n) is 31.7. The first kappa shape index (κ1) is 89.9. The van der Waals surface area contributed by atoms with E-state index < -0.39 is 35.8 Å². The molecule has 0 N–H and O–H groups in total. The van der Waals surface area contributed by atoms with Gasteiger partial charge in [-0.05, 0) is 66.8 Å². The Bertz CT molecular complexity index is 3740. The van der Waals surface area contributed by atoms with Gasteiger partial charge in [-0.3, -0.25) is 0 Å². The third kappa shape index (κ3) is 31.2. The molecule has 0 bridgehead atoms. The SMILES string of the molecule is COCCOC.COCCOC.O=C([O-])c1ccccc1-c1ccccc1.O=C([O-])c1ccccc1-c1ccccc1.O=C([O-])c1ccccc1-c1ccccc1.O=C([O-])c1ccccc1-c1ccccc1.O=C([O-])c1ccccc1-c1ccccc1.O=C([O-])c1ccccc1-c1ccccc1.[Fe+2].[Fe+2].[Fe+2]. The molecule has 105 heavy (non-hydrogen) atoms. The van der Waals surface area contributed by atoms with Gasteiger partial charge in [-0.1, -0.05) is 328 Å². The Labute approximate surface area is 643 Å². The molecule has 0 unspecified atom stereocenters. The second-order valence-electron chi connectivity index (χ2n) is 21.2. The van der Waals surface area contributed by atoms with Crippen LogP contribution in [0.3, 0.4) is 0 Å². The largest absolute Gasteiger partial charge is 2.00 e. The summed E-state index contributed by atoms with van der Waals surface area (Å²) in [6, 6.07) is 97.4. The van der Waals surface area contributed by atoms with E-state index in [-0.39, 0.29) is 84.6 Å². The van der Waals surface area contributed by atoms with Crippen molar-refractivity contribution in [2.45, 2.75) is 0 Å². The van der Waals surface area contributed by atoms with Crippen LogP contribution in [0.25, 0.3) is 66.8 Å². The van der Waals surface area contributed by atoms with Crippen molar-refractivity contribution in [3.05, 3.63) is 361 Å². The molecule has 19 heteroatoms. The number of carboxylic acid groups (broad SMARTS) is 6. The Hall–Kier alpha value is -11.1. The van der Waals surface area contributed by atoms with E-state index in [4.69, 9.17) is 0 Å². The van der Waals surface area contributed by atoms with Gasteiger partial charge in [-0.2, -0.15) is 0 Å². The normalized spacial score (nSPS) is 9.49. The van der Waals surface area contributed by atoms with Crippen LogP contribution in [0.4, 0.5) is 0 Å². The monoisotopic (exact) mass is 1530 g/mol. The van der Waals surface area contributed by atoms with Crippen molar-refractivity contribution in [2.75, 3.05) is 54.9 Å². The maximum Gasteiger partial charge on any atom is 2.00 e. The van der Waals surface area contributed by atoms with Gasteiger partial charge in [0, 0.05) is 61.8 Å². The molecule has 12 aromatic rings. The van der Waals surface area contributed by atoms with Crippen LogP contribution in [0, 0.1) is 0 Å². The Morgan fingerprint density at radius 2 is 0.295 bits per heavy atom. The van der Waals surface area contributed by atoms with Gasteiger partial charge in [0.25, 0.3) is 0 Å². The maximum atomic E-state index is 10.9. The molecule has 0 heterocycles. The van der Waals surface area contributed by atoms with E-state index in [2.05, 4.69) is 18.9 Å². The van der Waals surface area contributed by atoms with Crippen LogP contribution in [0.2, 0.25) is 0 Å². The van der Waals surface area contributed by atoms with Crippen molar-refractivity contribution in [1.29, 1.82) is 0 Å². The van der Waals surface area contributed by atoms with Gasteiger partial charge in [0.1, 0.15) is 0 Å². The topological polar surface area (TPSA) is 278 Å². The molecule has 0 aliphatic heterocycles. The summed E-state index contributed by atoms with van der Waals surface area (Å²) in [5.74, 6) is -6.86. The van der Waals surface area contributed by atoms with Gasteiger partial charge in [0.05, 0.1) is 62.2 Å². The molecule has 0 aliphatic rings. The third-order valence-electron chi connectivity index (χ3n) is 14.4. The molecule has 0 fully saturated rings. The van der Waals surface area contributed by atoms with Crippen molar-refractivity contribution in [2.24, 2.45) is 0 Å². The van der Waals surface area contributed by atoms with Crippen molar-refractivity contribution in [1.82, 2.24) is 0 Å². The number of benzene rings is 12. The fourth-order valence-corrected chi connectivity index (χ4v) is 9.52. The molecule has 0 spiro atoms. The number of hydrogen-bond donors (Lipinski definition) is 0. The second kappa shape index (κ2) is 51.9. The van der Waals surface area contributed by atoms with E-state index >= 15 is 0 Å². The summed E-state index contributed by atoms with van der Waals surface area (Å²) < 4.78 is 18.6. The van der Waals surface area contributed by atoms with Gasteiger partial charge in [-0.25, -0.2) is 0 Å². The van der Waals surface area contributed by atoms with Crippen molar-refractivity contribution in [3.63, 3.8) is 0 Å². The van der Waals surface area contributed by atoms with E-state index in [0.717, 1.165) is 33.4 Å². The fraction of sp³-hybridized carbons (Fsp3) is 0.0930. The molecule has 0 saturated heterocycles. The predicted octanol–water partition coefficient (Wildman–Crippen LogP) is 10.9. The minimum Gasteiger partial charge on any atom is -0.545 e. The van der Waals surface area contributed by atoms with E-state index in [1.54, 1.807) is 138 Å². The number of hydrogen-bond acceptors (Lipinski definition) is 16. The zero-order valence-electron chi connectivity index (χ0n) is 57.6. The van der Waals surface area contributed by atoms with Crippen LogP contribution in [-0.4, -0.2) is 90.7 Å². The Balaban J connectivity index is 0.000000413. The standard InChI is InChI=1S/6C13H10O2.2C4H10O2.3Fe/c6*14-13(15)12-9-5-4-8-11(12)10-6-2-1-3-7-10;2*1-5-3-4-6-2;;;/h6*1-9H,(H,14,15);2*3-4H2,1-2H3;;;/q;;;;;;;;3*+2/p-6. The van der Waals surface area contributed by atoms with E-state index in [1.165, 1.54) is 0 Å². The molecule has 538 valence electrons. The van der Waals surface area contributed by atoms with Crippen LogP contribution in [0.15, 0.2) is 328 Å². The van der Waals surface area contributed by atoms with Crippen LogP contribution < -0.4 is 30.6 Å². The van der Waals surface area contributed by atoms with Crippen LogP contribution in [-0.2, 0) is 70.2 Å². The number of carbonyl (C=O) groups is 6. The summed E-state index contributed by atoms with van der Waals surface area (Å²) in [6.07, 6.45) is 0. The average molecular weight is 1530 g/mol. The second-order valence-corrected chi connectivity index (χ2v) is 21.2. The predicted molar refractivity (Wildman–Crippen MR) is 385 cm³/mol. The molecule has 12 rings (SSSR count). The first-order chi connectivity index (χ1) is 49.6. The number of rotatable bonds is 18. The summed E-state index contributed by atoms with van der Waals surface area (Å²) in [5, 5.41) is 65.3. The summed E-state index contributed by atoms with van der Waals surface area (Å²) in [4.78, 5) is 65.3. The molecule has 0 aliphatic carbocycles. The molecule has 0 aromatic heterocycles. The average Bonchev–Trinajstić information content (AvgIpc) is 1.04. The molecule has 0 saturated carbocycles.